The summed E-state index contributed by atoms with van der Waals surface area (Å²) in [6.45, 7) is 0. The summed E-state index contributed by atoms with van der Waals surface area (Å²) >= 11 is 7.72. The molecule has 3 N–H and O–H groups in total. The Morgan fingerprint density at radius 2 is 2.00 bits per heavy atom. The van der Waals surface area contributed by atoms with Gasteiger partial charge >= 0.3 is 12.0 Å². The predicted octanol–water partition coefficient (Wildman–Crippen LogP) is 3.06. The smallest absolute Gasteiger partial charge is 0.339 e. The molecule has 5 nitrogen and oxygen atoms in total. The van der Waals surface area contributed by atoms with Crippen LogP contribution in [-0.2, 0) is 0 Å². The molecule has 1 heterocycles. The Hall–Kier alpha value is -1.40. The van der Waals surface area contributed by atoms with E-state index in [1.165, 1.54) is 12.1 Å². The highest BCUT2D eigenvalue weighted by Crippen LogP contribution is 2.24. The fourth-order valence-corrected chi connectivity index (χ4v) is 3.39. The molecule has 7 heteroatoms. The predicted molar refractivity (Wildman–Crippen MR) is 80.9 cm³/mol. The first-order chi connectivity index (χ1) is 9.58. The molecule has 1 aromatic rings. The van der Waals surface area contributed by atoms with Gasteiger partial charge in [0.15, 0.2) is 0 Å². The van der Waals surface area contributed by atoms with Crippen molar-refractivity contribution in [3.63, 3.8) is 0 Å². The fraction of sp³-hybridized carbons (Fsp3) is 0.385. The quantitative estimate of drug-likeness (QED) is 0.801. The highest BCUT2D eigenvalue weighted by Gasteiger charge is 2.19. The average molecular weight is 315 g/mol. The normalized spacial score (nSPS) is 15.7. The molecule has 1 aliphatic heterocycles. The lowest BCUT2D eigenvalue weighted by atomic mass is 10.1. The van der Waals surface area contributed by atoms with Gasteiger partial charge in [0, 0.05) is 6.04 Å². The summed E-state index contributed by atoms with van der Waals surface area (Å²) in [5.41, 5.74) is 0.108. The summed E-state index contributed by atoms with van der Waals surface area (Å²) in [6.07, 6.45) is 1.86. The highest BCUT2D eigenvalue weighted by molar-refractivity contribution is 7.99. The molecule has 0 bridgehead atoms. The van der Waals surface area contributed by atoms with Crippen molar-refractivity contribution in [2.75, 3.05) is 16.8 Å². The van der Waals surface area contributed by atoms with Gasteiger partial charge in [-0.3, -0.25) is 0 Å². The number of amides is 2. The zero-order valence-electron chi connectivity index (χ0n) is 10.7. The Kier molecular flexibility index (Phi) is 5.14. The lowest BCUT2D eigenvalue weighted by Crippen LogP contribution is -2.40. The van der Waals surface area contributed by atoms with Crippen LogP contribution in [0.5, 0.6) is 0 Å². The molecule has 0 unspecified atom stereocenters. The number of hydrogen-bond donors (Lipinski definition) is 3. The molecule has 20 heavy (non-hydrogen) atoms. The van der Waals surface area contributed by atoms with Gasteiger partial charge in [0.05, 0.1) is 10.7 Å². The van der Waals surface area contributed by atoms with Crippen molar-refractivity contribution in [3.05, 3.63) is 28.8 Å². The molecule has 1 aromatic carbocycles. The number of benzene rings is 1. The summed E-state index contributed by atoms with van der Waals surface area (Å²) in [5.74, 6) is 0.894. The number of urea groups is 1. The lowest BCUT2D eigenvalue weighted by molar-refractivity contribution is 0.0698. The van der Waals surface area contributed by atoms with E-state index in [1.54, 1.807) is 6.07 Å². The van der Waals surface area contributed by atoms with Crippen LogP contribution < -0.4 is 10.6 Å². The van der Waals surface area contributed by atoms with Crippen molar-refractivity contribution in [1.29, 1.82) is 0 Å². The second kappa shape index (κ2) is 6.85. The number of aromatic carboxylic acids is 1. The first-order valence-electron chi connectivity index (χ1n) is 6.25. The Morgan fingerprint density at radius 1 is 1.30 bits per heavy atom. The van der Waals surface area contributed by atoms with E-state index in [9.17, 15) is 9.59 Å². The van der Waals surface area contributed by atoms with E-state index in [0.717, 1.165) is 24.3 Å². The monoisotopic (exact) mass is 314 g/mol. The maximum Gasteiger partial charge on any atom is 0.339 e. The van der Waals surface area contributed by atoms with Crippen molar-refractivity contribution in [3.8, 4) is 0 Å². The van der Waals surface area contributed by atoms with E-state index in [0.29, 0.717) is 0 Å². The Balaban J connectivity index is 2.04. The van der Waals surface area contributed by atoms with Crippen molar-refractivity contribution in [2.24, 2.45) is 0 Å². The standard InChI is InChI=1S/C13H15ClN2O3S/c14-9-2-1-3-10(11(9)12(17)18)16-13(19)15-8-4-6-20-7-5-8/h1-3,8H,4-7H2,(H,17,18)(H2,15,16,19). The zero-order chi connectivity index (χ0) is 14.5. The minimum absolute atomic E-state index is 0.0940. The van der Waals surface area contributed by atoms with Crippen LogP contribution in [0.2, 0.25) is 5.02 Å². The van der Waals surface area contributed by atoms with Crippen LogP contribution in [0.3, 0.4) is 0 Å². The molecule has 2 amide bonds. The van der Waals surface area contributed by atoms with E-state index in [1.807, 2.05) is 11.8 Å². The molecule has 0 spiro atoms. The molecule has 0 saturated carbocycles. The van der Waals surface area contributed by atoms with Gasteiger partial charge in [-0.2, -0.15) is 11.8 Å². The molecule has 1 fully saturated rings. The van der Waals surface area contributed by atoms with Crippen molar-refractivity contribution >= 4 is 41.1 Å². The molecule has 0 atom stereocenters. The van der Waals surface area contributed by atoms with E-state index in [4.69, 9.17) is 16.7 Å². The average Bonchev–Trinajstić information content (AvgIpc) is 2.39. The van der Waals surface area contributed by atoms with E-state index in [2.05, 4.69) is 10.6 Å². The van der Waals surface area contributed by atoms with Gasteiger partial charge in [-0.05, 0) is 36.5 Å². The number of thioether (sulfide) groups is 1. The van der Waals surface area contributed by atoms with Crippen molar-refractivity contribution in [2.45, 2.75) is 18.9 Å². The summed E-state index contributed by atoms with van der Waals surface area (Å²) < 4.78 is 0. The topological polar surface area (TPSA) is 78.4 Å². The number of carbonyl (C=O) groups is 2. The number of anilines is 1. The van der Waals surface area contributed by atoms with Gasteiger partial charge < -0.3 is 15.7 Å². The molecular weight excluding hydrogens is 300 g/mol. The summed E-state index contributed by atoms with van der Waals surface area (Å²) in [4.78, 5) is 23.1. The molecule has 2 rings (SSSR count). The second-order valence-corrected chi connectivity index (χ2v) is 6.08. The molecular formula is C13H15ClN2O3S. The Morgan fingerprint density at radius 3 is 2.65 bits per heavy atom. The van der Waals surface area contributed by atoms with Crippen LogP contribution in [-0.4, -0.2) is 34.7 Å². The number of nitrogens with one attached hydrogen (secondary N) is 2. The number of carboxylic acids is 1. The van der Waals surface area contributed by atoms with E-state index < -0.39 is 12.0 Å². The number of hydrogen-bond acceptors (Lipinski definition) is 3. The number of carbonyl (C=O) groups excluding carboxylic acids is 1. The maximum absolute atomic E-state index is 11.9. The van der Waals surface area contributed by atoms with Crippen LogP contribution in [0.25, 0.3) is 0 Å². The third-order valence-electron chi connectivity index (χ3n) is 3.03. The van der Waals surface area contributed by atoms with Crippen LogP contribution >= 0.6 is 23.4 Å². The summed E-state index contributed by atoms with van der Waals surface area (Å²) in [7, 11) is 0. The van der Waals surface area contributed by atoms with Crippen LogP contribution in [0.1, 0.15) is 23.2 Å². The van der Waals surface area contributed by atoms with Crippen molar-refractivity contribution < 1.29 is 14.7 Å². The fourth-order valence-electron chi connectivity index (χ4n) is 2.03. The van der Waals surface area contributed by atoms with Gasteiger partial charge in [-0.25, -0.2) is 9.59 Å². The second-order valence-electron chi connectivity index (χ2n) is 4.45. The lowest BCUT2D eigenvalue weighted by Gasteiger charge is -2.22. The largest absolute Gasteiger partial charge is 0.478 e. The first kappa shape index (κ1) is 15.0. The van der Waals surface area contributed by atoms with Gasteiger partial charge in [-0.15, -0.1) is 0 Å². The van der Waals surface area contributed by atoms with Crippen LogP contribution in [0, 0.1) is 0 Å². The van der Waals surface area contributed by atoms with Gasteiger partial charge in [-0.1, -0.05) is 17.7 Å². The van der Waals surface area contributed by atoms with E-state index in [-0.39, 0.29) is 22.3 Å². The number of carboxylic acid groups (broad SMARTS) is 1. The Labute approximate surface area is 126 Å². The summed E-state index contributed by atoms with van der Waals surface area (Å²) in [5, 5.41) is 14.6. The minimum atomic E-state index is -1.17. The molecule has 0 aromatic heterocycles. The Bertz CT molecular complexity index is 518. The van der Waals surface area contributed by atoms with Crippen LogP contribution in [0.15, 0.2) is 18.2 Å². The number of rotatable bonds is 3. The van der Waals surface area contributed by atoms with Crippen molar-refractivity contribution in [1.82, 2.24) is 5.32 Å². The molecule has 108 valence electrons. The van der Waals surface area contributed by atoms with E-state index >= 15 is 0 Å². The highest BCUT2D eigenvalue weighted by atomic mass is 35.5. The first-order valence-corrected chi connectivity index (χ1v) is 7.78. The third kappa shape index (κ3) is 3.80. The molecule has 1 saturated heterocycles. The number of halogens is 1. The van der Waals surface area contributed by atoms with Gasteiger partial charge in [0.2, 0.25) is 0 Å². The SMILES string of the molecule is O=C(Nc1cccc(Cl)c1C(=O)O)NC1CCSCC1. The van der Waals surface area contributed by atoms with Gasteiger partial charge in [0.1, 0.15) is 5.56 Å². The van der Waals surface area contributed by atoms with Crippen LogP contribution in [0.4, 0.5) is 10.5 Å². The summed E-state index contributed by atoms with van der Waals surface area (Å²) in [6, 6.07) is 4.34. The molecule has 1 aliphatic rings. The van der Waals surface area contributed by atoms with Gasteiger partial charge in [0.25, 0.3) is 0 Å². The molecule has 0 aliphatic carbocycles. The maximum atomic E-state index is 11.9. The zero-order valence-corrected chi connectivity index (χ0v) is 12.3. The minimum Gasteiger partial charge on any atom is -0.478 e. The molecule has 0 radical (unpaired) electrons. The third-order valence-corrected chi connectivity index (χ3v) is 4.40.